The van der Waals surface area contributed by atoms with Crippen molar-refractivity contribution in [3.05, 3.63) is 0 Å². The third-order valence-electron chi connectivity index (χ3n) is 1.68. The first-order valence-electron chi connectivity index (χ1n) is 3.44. The maximum atomic E-state index is 9.18. The number of ether oxygens (including phenoxy) is 2. The van der Waals surface area contributed by atoms with Gasteiger partial charge in [0.2, 0.25) is 6.29 Å². The number of terminal acetylenes is 1. The molecule has 68 valence electrons. The molecule has 0 aromatic rings. The summed E-state index contributed by atoms with van der Waals surface area (Å²) in [4.78, 5) is 0. The number of hydrogen-bond acceptors (Lipinski definition) is 5. The molecule has 4 atom stereocenters. The fraction of sp³-hybridized carbons (Fsp3) is 0.714. The monoisotopic (exact) mass is 174 g/mol. The van der Waals surface area contributed by atoms with Crippen LogP contribution in [0.4, 0.5) is 0 Å². The van der Waals surface area contributed by atoms with E-state index in [0.717, 1.165) is 0 Å². The largest absolute Gasteiger partial charge is 0.412 e. The molecule has 3 N–H and O–H groups in total. The van der Waals surface area contributed by atoms with Crippen LogP contribution in [0.15, 0.2) is 0 Å². The second-order valence-corrected chi connectivity index (χ2v) is 2.44. The Morgan fingerprint density at radius 1 is 1.42 bits per heavy atom. The summed E-state index contributed by atoms with van der Waals surface area (Å²) in [5.41, 5.74) is 0. The van der Waals surface area contributed by atoms with Crippen LogP contribution in [0.2, 0.25) is 0 Å². The zero-order chi connectivity index (χ0) is 9.14. The fourth-order valence-corrected chi connectivity index (χ4v) is 1.03. The van der Waals surface area contributed by atoms with Gasteiger partial charge in [-0.1, -0.05) is 6.42 Å². The van der Waals surface area contributed by atoms with Gasteiger partial charge in [-0.2, -0.15) is 0 Å². The summed E-state index contributed by atoms with van der Waals surface area (Å²) in [6, 6.07) is 0. The molecule has 1 fully saturated rings. The number of aliphatic hydroxyl groups is 3. The van der Waals surface area contributed by atoms with Crippen LogP contribution in [0.3, 0.4) is 0 Å². The van der Waals surface area contributed by atoms with E-state index in [1.54, 1.807) is 0 Å². The Morgan fingerprint density at radius 3 is 2.50 bits per heavy atom. The fourth-order valence-electron chi connectivity index (χ4n) is 1.03. The molecule has 0 aromatic carbocycles. The normalized spacial score (nSPS) is 40.8. The van der Waals surface area contributed by atoms with Gasteiger partial charge in [-0.05, 0) is 0 Å². The molecule has 0 amide bonds. The quantitative estimate of drug-likeness (QED) is 0.423. The van der Waals surface area contributed by atoms with E-state index < -0.39 is 24.6 Å². The lowest BCUT2D eigenvalue weighted by atomic mass is 10.1. The lowest BCUT2D eigenvalue weighted by Gasteiger charge is -2.10. The van der Waals surface area contributed by atoms with E-state index in [-0.39, 0.29) is 6.61 Å². The average Bonchev–Trinajstić information content (AvgIpc) is 2.33. The third-order valence-corrected chi connectivity index (χ3v) is 1.68. The minimum absolute atomic E-state index is 0.386. The first-order valence-corrected chi connectivity index (χ1v) is 3.44. The van der Waals surface area contributed by atoms with Gasteiger partial charge in [-0.15, -0.1) is 0 Å². The topological polar surface area (TPSA) is 79.2 Å². The second kappa shape index (κ2) is 3.74. The van der Waals surface area contributed by atoms with Crippen LogP contribution < -0.4 is 0 Å². The zero-order valence-corrected chi connectivity index (χ0v) is 6.25. The number of rotatable bonds is 2. The van der Waals surface area contributed by atoms with Crippen molar-refractivity contribution in [3.63, 3.8) is 0 Å². The van der Waals surface area contributed by atoms with Crippen LogP contribution in [0.5, 0.6) is 0 Å². The highest BCUT2D eigenvalue weighted by atomic mass is 16.7. The molecule has 0 aliphatic carbocycles. The number of hydrogen-bond donors (Lipinski definition) is 3. The lowest BCUT2D eigenvalue weighted by molar-refractivity contribution is -0.131. The van der Waals surface area contributed by atoms with Crippen molar-refractivity contribution in [2.45, 2.75) is 24.6 Å². The molecule has 1 aliphatic heterocycles. The van der Waals surface area contributed by atoms with Crippen molar-refractivity contribution in [1.82, 2.24) is 0 Å². The molecule has 0 spiro atoms. The number of aliphatic hydroxyl groups excluding tert-OH is 3. The summed E-state index contributed by atoms with van der Waals surface area (Å²) in [6.07, 6.45) is 2.37. The molecule has 5 heteroatoms. The van der Waals surface area contributed by atoms with Gasteiger partial charge in [0, 0.05) is 0 Å². The Kier molecular flexibility index (Phi) is 2.89. The van der Waals surface area contributed by atoms with Crippen molar-refractivity contribution in [3.8, 4) is 12.5 Å². The van der Waals surface area contributed by atoms with Gasteiger partial charge in [0.25, 0.3) is 0 Å². The van der Waals surface area contributed by atoms with E-state index in [2.05, 4.69) is 4.74 Å². The van der Waals surface area contributed by atoms with E-state index >= 15 is 0 Å². The summed E-state index contributed by atoms with van der Waals surface area (Å²) in [5.74, 6) is 0. The first kappa shape index (κ1) is 9.29. The van der Waals surface area contributed by atoms with Gasteiger partial charge in [0.05, 0.1) is 6.61 Å². The molecule has 1 heterocycles. The van der Waals surface area contributed by atoms with Crippen molar-refractivity contribution in [2.75, 3.05) is 6.61 Å². The molecule has 5 nitrogen and oxygen atoms in total. The summed E-state index contributed by atoms with van der Waals surface area (Å²) >= 11 is 0. The zero-order valence-electron chi connectivity index (χ0n) is 6.25. The highest BCUT2D eigenvalue weighted by molar-refractivity contribution is 4.88. The predicted octanol–water partition coefficient (Wildman–Crippen LogP) is -1.97. The lowest BCUT2D eigenvalue weighted by Crippen LogP contribution is -2.34. The van der Waals surface area contributed by atoms with E-state index in [1.165, 1.54) is 0 Å². The van der Waals surface area contributed by atoms with Crippen LogP contribution in [0.25, 0.3) is 0 Å². The predicted molar refractivity (Wildman–Crippen MR) is 37.7 cm³/mol. The molecular weight excluding hydrogens is 164 g/mol. The Morgan fingerprint density at radius 2 is 2.08 bits per heavy atom. The molecule has 0 radical (unpaired) electrons. The van der Waals surface area contributed by atoms with E-state index in [0.29, 0.717) is 0 Å². The van der Waals surface area contributed by atoms with Gasteiger partial charge >= 0.3 is 0 Å². The molecular formula is C7H10O5. The summed E-state index contributed by atoms with van der Waals surface area (Å²) in [5, 5.41) is 27.0. The summed E-state index contributed by atoms with van der Waals surface area (Å²) in [6.45, 7) is -0.386. The van der Waals surface area contributed by atoms with Crippen LogP contribution in [0, 0.1) is 12.5 Å². The molecule has 0 aromatic heterocycles. The molecule has 0 saturated carbocycles. The van der Waals surface area contributed by atoms with Gasteiger partial charge < -0.3 is 24.8 Å². The van der Waals surface area contributed by atoms with Crippen LogP contribution in [-0.2, 0) is 9.47 Å². The highest BCUT2D eigenvalue weighted by Gasteiger charge is 2.43. The minimum Gasteiger partial charge on any atom is -0.412 e. The summed E-state index contributed by atoms with van der Waals surface area (Å²) in [7, 11) is 0. The Bertz CT molecular complexity index is 187. The van der Waals surface area contributed by atoms with Crippen molar-refractivity contribution >= 4 is 0 Å². The standard InChI is InChI=1S/C7H10O5/c1-2-11-7-6(10)5(9)4(3-8)12-7/h1,4-10H,3H2/t4-,5-,6-,7-/m1/s1. The maximum absolute atomic E-state index is 9.18. The van der Waals surface area contributed by atoms with Crippen LogP contribution in [0.1, 0.15) is 0 Å². The highest BCUT2D eigenvalue weighted by Crippen LogP contribution is 2.21. The van der Waals surface area contributed by atoms with Crippen molar-refractivity contribution in [2.24, 2.45) is 0 Å². The maximum Gasteiger partial charge on any atom is 0.239 e. The minimum atomic E-state index is -1.21. The van der Waals surface area contributed by atoms with Gasteiger partial charge in [-0.3, -0.25) is 0 Å². The average molecular weight is 174 g/mol. The SMILES string of the molecule is C#CO[C@@H]1O[C@H](CO)[C@@H](O)[C@H]1O. The van der Waals surface area contributed by atoms with Crippen molar-refractivity contribution < 1.29 is 24.8 Å². The van der Waals surface area contributed by atoms with Crippen molar-refractivity contribution in [1.29, 1.82) is 0 Å². The first-order chi connectivity index (χ1) is 5.70. The van der Waals surface area contributed by atoms with Gasteiger partial charge in [0.15, 0.2) is 0 Å². The molecule has 0 unspecified atom stereocenters. The van der Waals surface area contributed by atoms with E-state index in [1.807, 2.05) is 6.11 Å². The second-order valence-electron chi connectivity index (χ2n) is 2.44. The van der Waals surface area contributed by atoms with Crippen LogP contribution in [-0.4, -0.2) is 46.5 Å². The summed E-state index contributed by atoms with van der Waals surface area (Å²) < 4.78 is 9.36. The Labute approximate surface area is 69.5 Å². The molecule has 12 heavy (non-hydrogen) atoms. The van der Waals surface area contributed by atoms with Gasteiger partial charge in [-0.25, -0.2) is 0 Å². The smallest absolute Gasteiger partial charge is 0.239 e. The molecule has 1 aliphatic rings. The van der Waals surface area contributed by atoms with E-state index in [9.17, 15) is 10.2 Å². The Hall–Kier alpha value is -0.800. The Balaban J connectivity index is 2.55. The molecule has 1 rings (SSSR count). The van der Waals surface area contributed by atoms with Crippen LogP contribution >= 0.6 is 0 Å². The third kappa shape index (κ3) is 1.52. The molecule has 1 saturated heterocycles. The van der Waals surface area contributed by atoms with E-state index in [4.69, 9.17) is 16.3 Å². The molecule has 0 bridgehead atoms. The van der Waals surface area contributed by atoms with Gasteiger partial charge in [0.1, 0.15) is 24.4 Å².